The van der Waals surface area contributed by atoms with Crippen LogP contribution in [0.15, 0.2) is 42.0 Å². The van der Waals surface area contributed by atoms with Crippen molar-refractivity contribution in [2.75, 3.05) is 11.9 Å². The molecule has 0 fully saturated rings. The number of benzene rings is 2. The summed E-state index contributed by atoms with van der Waals surface area (Å²) in [6.07, 6.45) is 1.28. The number of rotatable bonds is 7. The molecule has 0 bridgehead atoms. The first-order valence-electron chi connectivity index (χ1n) is 7.94. The van der Waals surface area contributed by atoms with Gasteiger partial charge in [0.25, 0.3) is 5.91 Å². The molecule has 0 aliphatic heterocycles. The fourth-order valence-corrected chi connectivity index (χ4v) is 2.51. The van der Waals surface area contributed by atoms with E-state index in [-0.39, 0.29) is 34.4 Å². The summed E-state index contributed by atoms with van der Waals surface area (Å²) < 4.78 is 34.6. The Morgan fingerprint density at radius 1 is 1.25 bits per heavy atom. The predicted molar refractivity (Wildman–Crippen MR) is 103 cm³/mol. The van der Waals surface area contributed by atoms with Crippen molar-refractivity contribution in [2.45, 2.75) is 13.5 Å². The Bertz CT molecular complexity index is 943. The molecule has 0 saturated heterocycles. The van der Waals surface area contributed by atoms with Crippen molar-refractivity contribution in [3.05, 3.63) is 57.6 Å². The lowest BCUT2D eigenvalue weighted by Crippen LogP contribution is -2.13. The van der Waals surface area contributed by atoms with Gasteiger partial charge in [-0.25, -0.2) is 0 Å². The van der Waals surface area contributed by atoms with E-state index >= 15 is 0 Å². The van der Waals surface area contributed by atoms with E-state index in [4.69, 9.17) is 27.9 Å². The zero-order chi connectivity index (χ0) is 20.7. The minimum Gasteiger partial charge on any atom is -0.490 e. The molecule has 0 unspecified atom stereocenters. The molecule has 5 nitrogen and oxygen atoms in total. The third-order valence-electron chi connectivity index (χ3n) is 3.34. The topological polar surface area (TPSA) is 71.3 Å². The molecular weight excluding hydrogens is 413 g/mol. The third kappa shape index (κ3) is 5.84. The monoisotopic (exact) mass is 426 g/mol. The van der Waals surface area contributed by atoms with Crippen molar-refractivity contribution in [1.82, 2.24) is 0 Å². The Morgan fingerprint density at radius 3 is 2.64 bits per heavy atom. The Labute approximate surface area is 170 Å². The maximum atomic E-state index is 12.5. The van der Waals surface area contributed by atoms with Gasteiger partial charge in [-0.2, -0.15) is 14.0 Å². The Kier molecular flexibility index (Phi) is 7.61. The Morgan fingerprint density at radius 2 is 2.00 bits per heavy atom. The summed E-state index contributed by atoms with van der Waals surface area (Å²) in [7, 11) is 0. The van der Waals surface area contributed by atoms with E-state index in [0.29, 0.717) is 10.6 Å². The second-order valence-electron chi connectivity index (χ2n) is 5.27. The van der Waals surface area contributed by atoms with Crippen LogP contribution in [0, 0.1) is 11.3 Å². The summed E-state index contributed by atoms with van der Waals surface area (Å²) in [5, 5.41) is 12.4. The average Bonchev–Trinajstić information content (AvgIpc) is 2.64. The molecule has 0 aliphatic carbocycles. The van der Waals surface area contributed by atoms with E-state index in [2.05, 4.69) is 10.1 Å². The lowest BCUT2D eigenvalue weighted by atomic mass is 10.1. The molecule has 9 heteroatoms. The standard InChI is InChI=1S/C19H14Cl2F2N2O3/c1-2-27-17-8-11(3-6-16(17)28-19(22)23)7-12(10-24)18(26)25-15-9-13(20)4-5-14(15)21/h3-9,19H,2H2,1H3,(H,25,26)/b12-7-. The molecule has 146 valence electrons. The molecule has 2 aromatic rings. The van der Waals surface area contributed by atoms with Crippen LogP contribution in [-0.2, 0) is 4.79 Å². The minimum atomic E-state index is -3.01. The van der Waals surface area contributed by atoms with Crippen LogP contribution in [0.3, 0.4) is 0 Å². The van der Waals surface area contributed by atoms with Gasteiger partial charge in [-0.1, -0.05) is 29.3 Å². The van der Waals surface area contributed by atoms with E-state index < -0.39 is 12.5 Å². The second-order valence-corrected chi connectivity index (χ2v) is 6.11. The van der Waals surface area contributed by atoms with Crippen LogP contribution in [0.25, 0.3) is 6.08 Å². The molecule has 28 heavy (non-hydrogen) atoms. The Balaban J connectivity index is 2.30. The average molecular weight is 427 g/mol. The van der Waals surface area contributed by atoms with Crippen molar-refractivity contribution in [3.63, 3.8) is 0 Å². The lowest BCUT2D eigenvalue weighted by Gasteiger charge is -2.12. The summed E-state index contributed by atoms with van der Waals surface area (Å²) in [4.78, 5) is 12.4. The molecule has 0 atom stereocenters. The summed E-state index contributed by atoms with van der Waals surface area (Å²) in [6, 6.07) is 10.4. The van der Waals surface area contributed by atoms with Gasteiger partial charge >= 0.3 is 6.61 Å². The molecule has 0 saturated carbocycles. The van der Waals surface area contributed by atoms with Crippen LogP contribution in [-0.4, -0.2) is 19.1 Å². The van der Waals surface area contributed by atoms with Gasteiger partial charge in [-0.3, -0.25) is 4.79 Å². The maximum absolute atomic E-state index is 12.5. The number of alkyl halides is 2. The fourth-order valence-electron chi connectivity index (χ4n) is 2.17. The number of hydrogen-bond acceptors (Lipinski definition) is 4. The number of nitriles is 1. The number of carbonyl (C=O) groups excluding carboxylic acids is 1. The smallest absolute Gasteiger partial charge is 0.387 e. The van der Waals surface area contributed by atoms with Gasteiger partial charge in [-0.15, -0.1) is 0 Å². The number of ether oxygens (including phenoxy) is 2. The lowest BCUT2D eigenvalue weighted by molar-refractivity contribution is -0.112. The molecule has 0 heterocycles. The van der Waals surface area contributed by atoms with Crippen LogP contribution in [0.5, 0.6) is 11.5 Å². The second kappa shape index (κ2) is 9.93. The normalized spacial score (nSPS) is 11.1. The number of halogens is 4. The van der Waals surface area contributed by atoms with Crippen molar-refractivity contribution in [2.24, 2.45) is 0 Å². The van der Waals surface area contributed by atoms with Crippen LogP contribution in [0.4, 0.5) is 14.5 Å². The fraction of sp³-hybridized carbons (Fsp3) is 0.158. The van der Waals surface area contributed by atoms with E-state index in [9.17, 15) is 18.8 Å². The SMILES string of the molecule is CCOc1cc(/C=C(/C#N)C(=O)Nc2cc(Cl)ccc2Cl)ccc1OC(F)F. The number of anilines is 1. The predicted octanol–water partition coefficient (Wildman–Crippen LogP) is 5.54. The van der Waals surface area contributed by atoms with E-state index in [1.165, 1.54) is 36.4 Å². The molecule has 0 aliphatic rings. The van der Waals surface area contributed by atoms with Gasteiger partial charge in [0.15, 0.2) is 11.5 Å². The largest absolute Gasteiger partial charge is 0.490 e. The molecule has 1 amide bonds. The highest BCUT2D eigenvalue weighted by molar-refractivity contribution is 6.36. The zero-order valence-corrected chi connectivity index (χ0v) is 16.0. The summed E-state index contributed by atoms with van der Waals surface area (Å²) in [6.45, 7) is -1.12. The van der Waals surface area contributed by atoms with Gasteiger partial charge in [-0.05, 0) is 48.9 Å². The highest BCUT2D eigenvalue weighted by Crippen LogP contribution is 2.31. The Hall–Kier alpha value is -2.82. The molecular formula is C19H14Cl2F2N2O3. The van der Waals surface area contributed by atoms with Crippen LogP contribution in [0.1, 0.15) is 12.5 Å². The highest BCUT2D eigenvalue weighted by Gasteiger charge is 2.14. The van der Waals surface area contributed by atoms with Crippen LogP contribution >= 0.6 is 23.2 Å². The molecule has 1 N–H and O–H groups in total. The molecule has 0 spiro atoms. The summed E-state index contributed by atoms with van der Waals surface area (Å²) >= 11 is 11.9. The van der Waals surface area contributed by atoms with E-state index in [1.807, 2.05) is 0 Å². The highest BCUT2D eigenvalue weighted by atomic mass is 35.5. The van der Waals surface area contributed by atoms with E-state index in [1.54, 1.807) is 19.1 Å². The summed E-state index contributed by atoms with van der Waals surface area (Å²) in [5.74, 6) is -0.799. The van der Waals surface area contributed by atoms with Crippen molar-refractivity contribution >= 4 is 40.9 Å². The number of nitrogens with zero attached hydrogens (tertiary/aromatic N) is 1. The van der Waals surface area contributed by atoms with Gasteiger partial charge in [0.1, 0.15) is 11.6 Å². The minimum absolute atomic E-state index is 0.0622. The van der Waals surface area contributed by atoms with Crippen LogP contribution in [0.2, 0.25) is 10.0 Å². The first-order chi connectivity index (χ1) is 13.3. The molecule has 2 aromatic carbocycles. The number of hydrogen-bond donors (Lipinski definition) is 1. The van der Waals surface area contributed by atoms with Crippen molar-refractivity contribution in [3.8, 4) is 17.6 Å². The van der Waals surface area contributed by atoms with Gasteiger partial charge in [0.05, 0.1) is 17.3 Å². The molecule has 0 aromatic heterocycles. The number of amides is 1. The number of carbonyl (C=O) groups is 1. The first kappa shape index (κ1) is 21.5. The van der Waals surface area contributed by atoms with E-state index in [0.717, 1.165) is 0 Å². The van der Waals surface area contributed by atoms with Crippen molar-refractivity contribution < 1.29 is 23.0 Å². The van der Waals surface area contributed by atoms with Gasteiger partial charge in [0, 0.05) is 5.02 Å². The van der Waals surface area contributed by atoms with Crippen LogP contribution < -0.4 is 14.8 Å². The zero-order valence-electron chi connectivity index (χ0n) is 14.5. The summed E-state index contributed by atoms with van der Waals surface area (Å²) in [5.41, 5.74) is 0.394. The van der Waals surface area contributed by atoms with Gasteiger partial charge < -0.3 is 14.8 Å². The van der Waals surface area contributed by atoms with Gasteiger partial charge in [0.2, 0.25) is 0 Å². The van der Waals surface area contributed by atoms with Crippen molar-refractivity contribution in [1.29, 1.82) is 5.26 Å². The molecule has 2 rings (SSSR count). The quantitative estimate of drug-likeness (QED) is 0.465. The number of nitrogens with one attached hydrogen (secondary N) is 1. The molecule has 0 radical (unpaired) electrons. The third-order valence-corrected chi connectivity index (χ3v) is 3.90. The first-order valence-corrected chi connectivity index (χ1v) is 8.69. The maximum Gasteiger partial charge on any atom is 0.387 e.